The van der Waals surface area contributed by atoms with Gasteiger partial charge in [-0.05, 0) is 55.2 Å². The number of hydrogen-bond donors (Lipinski definition) is 2. The van der Waals surface area contributed by atoms with Gasteiger partial charge in [0.1, 0.15) is 17.1 Å². The summed E-state index contributed by atoms with van der Waals surface area (Å²) in [4.78, 5) is 15.2. The van der Waals surface area contributed by atoms with Crippen molar-refractivity contribution >= 4 is 17.5 Å². The lowest BCUT2D eigenvalue weighted by atomic mass is 9.93. The average molecular weight is 424 g/mol. The zero-order valence-corrected chi connectivity index (χ0v) is 18.3. The van der Waals surface area contributed by atoms with Gasteiger partial charge in [-0.15, -0.1) is 0 Å². The Bertz CT molecular complexity index is 1080. The van der Waals surface area contributed by atoms with E-state index < -0.39 is 0 Å². The van der Waals surface area contributed by atoms with Crippen LogP contribution in [-0.2, 0) is 0 Å². The standard InChI is InChI=1S/C24H26ClN3O2/c1-4-5-6-10-28-23(16-8-7-9-17(25)13-16)20-21(26-27-22(20)24(28)30)19-15(3)11-14(2)12-18(19)29/h7-9,11-13,23,29H,4-6,10H2,1-3H3,(H,26,27). The average Bonchev–Trinajstić information content (AvgIpc) is 3.21. The second-order valence-electron chi connectivity index (χ2n) is 8.00. The monoisotopic (exact) mass is 423 g/mol. The van der Waals surface area contributed by atoms with Gasteiger partial charge in [-0.1, -0.05) is 49.6 Å². The highest BCUT2D eigenvalue weighted by atomic mass is 35.5. The molecule has 1 aliphatic heterocycles. The molecule has 1 aromatic heterocycles. The molecule has 2 heterocycles. The highest BCUT2D eigenvalue weighted by Gasteiger charge is 2.42. The summed E-state index contributed by atoms with van der Waals surface area (Å²) < 4.78 is 0. The molecule has 2 aromatic carbocycles. The van der Waals surface area contributed by atoms with Crippen molar-refractivity contribution in [2.45, 2.75) is 46.1 Å². The van der Waals surface area contributed by atoms with Crippen molar-refractivity contribution in [3.05, 3.63) is 69.4 Å². The number of phenols is 1. The molecule has 0 aliphatic carbocycles. The molecule has 30 heavy (non-hydrogen) atoms. The highest BCUT2D eigenvalue weighted by molar-refractivity contribution is 6.30. The molecular formula is C24H26ClN3O2. The number of halogens is 1. The molecule has 5 nitrogen and oxygen atoms in total. The maximum absolute atomic E-state index is 13.3. The summed E-state index contributed by atoms with van der Waals surface area (Å²) >= 11 is 6.29. The van der Waals surface area contributed by atoms with E-state index in [1.165, 1.54) is 0 Å². The largest absolute Gasteiger partial charge is 0.507 e. The molecule has 1 atom stereocenters. The molecule has 0 spiro atoms. The lowest BCUT2D eigenvalue weighted by Gasteiger charge is -2.26. The van der Waals surface area contributed by atoms with Gasteiger partial charge in [0.05, 0.1) is 6.04 Å². The smallest absolute Gasteiger partial charge is 0.273 e. The molecule has 2 N–H and O–H groups in total. The maximum atomic E-state index is 13.3. The van der Waals surface area contributed by atoms with E-state index in [4.69, 9.17) is 11.6 Å². The predicted octanol–water partition coefficient (Wildman–Crippen LogP) is 5.79. The summed E-state index contributed by atoms with van der Waals surface area (Å²) in [6.45, 7) is 6.70. The number of carbonyl (C=O) groups excluding carboxylic acids is 1. The number of hydrogen-bond acceptors (Lipinski definition) is 3. The number of amides is 1. The van der Waals surface area contributed by atoms with Crippen molar-refractivity contribution in [2.24, 2.45) is 0 Å². The molecule has 1 amide bonds. The number of fused-ring (bicyclic) bond motifs is 1. The van der Waals surface area contributed by atoms with Gasteiger partial charge >= 0.3 is 0 Å². The number of benzene rings is 2. The third-order valence-electron chi connectivity index (χ3n) is 5.73. The Morgan fingerprint density at radius 1 is 1.20 bits per heavy atom. The maximum Gasteiger partial charge on any atom is 0.273 e. The van der Waals surface area contributed by atoms with Crippen LogP contribution in [0.2, 0.25) is 5.02 Å². The molecule has 0 radical (unpaired) electrons. The molecule has 3 aromatic rings. The molecule has 6 heteroatoms. The van der Waals surface area contributed by atoms with Crippen molar-refractivity contribution in [1.82, 2.24) is 15.1 Å². The Morgan fingerprint density at radius 3 is 2.70 bits per heavy atom. The topological polar surface area (TPSA) is 69.2 Å². The number of aromatic hydroxyl groups is 1. The quantitative estimate of drug-likeness (QED) is 0.493. The Labute approximate surface area is 181 Å². The normalized spacial score (nSPS) is 15.7. The number of aromatic amines is 1. The molecule has 156 valence electrons. The van der Waals surface area contributed by atoms with Crippen LogP contribution in [0.5, 0.6) is 5.75 Å². The number of carbonyl (C=O) groups is 1. The second-order valence-corrected chi connectivity index (χ2v) is 8.44. The number of nitrogens with one attached hydrogen (secondary N) is 1. The predicted molar refractivity (Wildman–Crippen MR) is 119 cm³/mol. The van der Waals surface area contributed by atoms with E-state index in [9.17, 15) is 9.90 Å². The fraction of sp³-hybridized carbons (Fsp3) is 0.333. The number of H-pyrrole nitrogens is 1. The first kappa shape index (κ1) is 20.5. The number of rotatable bonds is 6. The van der Waals surface area contributed by atoms with Gasteiger partial charge in [0, 0.05) is 22.7 Å². The van der Waals surface area contributed by atoms with Crippen LogP contribution >= 0.6 is 11.6 Å². The SMILES string of the molecule is CCCCCN1C(=O)c2[nH]nc(-c3c(C)cc(C)cc3O)c2C1c1cccc(Cl)c1. The van der Waals surface area contributed by atoms with Crippen LogP contribution in [0.25, 0.3) is 11.3 Å². The van der Waals surface area contributed by atoms with E-state index in [1.807, 2.05) is 49.1 Å². The van der Waals surface area contributed by atoms with Crippen molar-refractivity contribution in [1.29, 1.82) is 0 Å². The van der Waals surface area contributed by atoms with E-state index in [-0.39, 0.29) is 17.7 Å². The number of unbranched alkanes of at least 4 members (excludes halogenated alkanes) is 2. The number of aromatic nitrogens is 2. The number of aryl methyl sites for hydroxylation is 2. The Morgan fingerprint density at radius 2 is 2.00 bits per heavy atom. The molecule has 0 bridgehead atoms. The molecular weight excluding hydrogens is 398 g/mol. The van der Waals surface area contributed by atoms with E-state index in [0.717, 1.165) is 41.5 Å². The zero-order valence-electron chi connectivity index (χ0n) is 17.5. The van der Waals surface area contributed by atoms with Crippen LogP contribution in [-0.4, -0.2) is 32.7 Å². The number of phenolic OH excluding ortho intramolecular Hbond substituents is 1. The van der Waals surface area contributed by atoms with Gasteiger partial charge in [0.25, 0.3) is 5.91 Å². The summed E-state index contributed by atoms with van der Waals surface area (Å²) in [5.41, 5.74) is 5.42. The minimum absolute atomic E-state index is 0.0610. The summed E-state index contributed by atoms with van der Waals surface area (Å²) in [7, 11) is 0. The Balaban J connectivity index is 1.88. The minimum atomic E-state index is -0.295. The van der Waals surface area contributed by atoms with Gasteiger partial charge in [-0.25, -0.2) is 0 Å². The van der Waals surface area contributed by atoms with Crippen molar-refractivity contribution in [3.8, 4) is 17.0 Å². The summed E-state index contributed by atoms with van der Waals surface area (Å²) in [5, 5.41) is 18.8. The van der Waals surface area contributed by atoms with Gasteiger partial charge in [-0.2, -0.15) is 5.10 Å². The molecule has 4 rings (SSSR count). The van der Waals surface area contributed by atoms with E-state index in [0.29, 0.717) is 28.5 Å². The van der Waals surface area contributed by atoms with Crippen LogP contribution in [0.1, 0.15) is 65.0 Å². The lowest BCUT2D eigenvalue weighted by Crippen LogP contribution is -2.30. The van der Waals surface area contributed by atoms with Crippen LogP contribution in [0.15, 0.2) is 36.4 Å². The Kier molecular flexibility index (Phi) is 5.56. The third kappa shape index (κ3) is 3.47. The molecule has 0 fully saturated rings. The van der Waals surface area contributed by atoms with Crippen LogP contribution < -0.4 is 0 Å². The zero-order chi connectivity index (χ0) is 21.4. The lowest BCUT2D eigenvalue weighted by molar-refractivity contribution is 0.0740. The first-order chi connectivity index (χ1) is 14.4. The van der Waals surface area contributed by atoms with E-state index >= 15 is 0 Å². The van der Waals surface area contributed by atoms with Crippen LogP contribution in [0.3, 0.4) is 0 Å². The third-order valence-corrected chi connectivity index (χ3v) is 5.96. The van der Waals surface area contributed by atoms with Crippen LogP contribution in [0.4, 0.5) is 0 Å². The molecule has 1 aliphatic rings. The molecule has 0 saturated carbocycles. The van der Waals surface area contributed by atoms with Crippen molar-refractivity contribution in [2.75, 3.05) is 6.54 Å². The Hall–Kier alpha value is -2.79. The van der Waals surface area contributed by atoms with Gasteiger partial charge in [0.15, 0.2) is 0 Å². The number of nitrogens with zero attached hydrogens (tertiary/aromatic N) is 2. The van der Waals surface area contributed by atoms with Crippen LogP contribution in [0, 0.1) is 13.8 Å². The fourth-order valence-corrected chi connectivity index (χ4v) is 4.63. The first-order valence-electron chi connectivity index (χ1n) is 10.4. The second kappa shape index (κ2) is 8.15. The highest BCUT2D eigenvalue weighted by Crippen LogP contribution is 2.45. The van der Waals surface area contributed by atoms with Gasteiger partial charge in [0.2, 0.25) is 0 Å². The van der Waals surface area contributed by atoms with Gasteiger partial charge in [-0.3, -0.25) is 9.89 Å². The van der Waals surface area contributed by atoms with Crippen molar-refractivity contribution in [3.63, 3.8) is 0 Å². The molecule has 1 unspecified atom stereocenters. The molecule has 0 saturated heterocycles. The van der Waals surface area contributed by atoms with E-state index in [1.54, 1.807) is 6.07 Å². The van der Waals surface area contributed by atoms with Gasteiger partial charge < -0.3 is 10.0 Å². The summed E-state index contributed by atoms with van der Waals surface area (Å²) in [6.07, 6.45) is 3.07. The fourth-order valence-electron chi connectivity index (χ4n) is 4.43. The first-order valence-corrected chi connectivity index (χ1v) is 10.8. The minimum Gasteiger partial charge on any atom is -0.507 e. The van der Waals surface area contributed by atoms with E-state index in [2.05, 4.69) is 17.1 Å². The summed E-state index contributed by atoms with van der Waals surface area (Å²) in [5.74, 6) is 0.109. The van der Waals surface area contributed by atoms with Crippen molar-refractivity contribution < 1.29 is 9.90 Å². The summed E-state index contributed by atoms with van der Waals surface area (Å²) in [6, 6.07) is 11.1.